The van der Waals surface area contributed by atoms with Crippen LogP contribution in [0.15, 0.2) is 47.0 Å². The second-order valence-electron chi connectivity index (χ2n) is 6.83. The summed E-state index contributed by atoms with van der Waals surface area (Å²) in [6, 6.07) is 11.8. The zero-order valence-electron chi connectivity index (χ0n) is 16.1. The molecule has 1 aromatic heterocycles. The van der Waals surface area contributed by atoms with Crippen molar-refractivity contribution in [1.82, 2.24) is 10.1 Å². The molecule has 7 nitrogen and oxygen atoms in total. The number of nitrogens with zero attached hydrogens (tertiary/aromatic N) is 3. The van der Waals surface area contributed by atoms with Gasteiger partial charge >= 0.3 is 0 Å². The summed E-state index contributed by atoms with van der Waals surface area (Å²) in [5.74, 6) is 0.144. The largest absolute Gasteiger partial charge is 0.378 e. The van der Waals surface area contributed by atoms with Crippen LogP contribution < -0.4 is 10.2 Å². The number of amides is 1. The molecule has 0 saturated carbocycles. The lowest BCUT2D eigenvalue weighted by Crippen LogP contribution is -2.36. The van der Waals surface area contributed by atoms with Crippen molar-refractivity contribution in [3.8, 4) is 11.4 Å². The van der Waals surface area contributed by atoms with Crippen molar-refractivity contribution < 1.29 is 18.4 Å². The van der Waals surface area contributed by atoms with Crippen molar-refractivity contribution in [3.63, 3.8) is 0 Å². The van der Waals surface area contributed by atoms with Crippen LogP contribution in [0.4, 0.5) is 15.8 Å². The summed E-state index contributed by atoms with van der Waals surface area (Å²) in [5.41, 5.74) is 1.69. The number of nitrogens with one attached hydrogen (secondary N) is 1. The number of hydrogen-bond acceptors (Lipinski definition) is 6. The minimum atomic E-state index is -0.376. The van der Waals surface area contributed by atoms with Gasteiger partial charge in [0.1, 0.15) is 5.82 Å². The van der Waals surface area contributed by atoms with E-state index in [1.807, 2.05) is 4.90 Å². The predicted molar refractivity (Wildman–Crippen MR) is 111 cm³/mol. The molecule has 1 fully saturated rings. The van der Waals surface area contributed by atoms with E-state index in [4.69, 9.17) is 20.9 Å². The highest BCUT2D eigenvalue weighted by atomic mass is 35.5. The zero-order chi connectivity index (χ0) is 20.9. The molecule has 2 aromatic carbocycles. The maximum Gasteiger partial charge on any atom is 0.227 e. The molecule has 3 aromatic rings. The van der Waals surface area contributed by atoms with E-state index in [1.54, 1.807) is 36.4 Å². The maximum atomic E-state index is 14.4. The quantitative estimate of drug-likeness (QED) is 0.638. The molecule has 2 heterocycles. The van der Waals surface area contributed by atoms with E-state index in [-0.39, 0.29) is 24.6 Å². The van der Waals surface area contributed by atoms with Gasteiger partial charge in [-0.2, -0.15) is 4.98 Å². The third kappa shape index (κ3) is 4.95. The van der Waals surface area contributed by atoms with E-state index in [2.05, 4.69) is 15.5 Å². The summed E-state index contributed by atoms with van der Waals surface area (Å²) in [7, 11) is 0. The summed E-state index contributed by atoms with van der Waals surface area (Å²) in [6.07, 6.45) is 0.413. The van der Waals surface area contributed by atoms with Gasteiger partial charge in [0.2, 0.25) is 17.6 Å². The number of aromatic nitrogens is 2. The fraction of sp³-hybridized carbons (Fsp3) is 0.286. The zero-order valence-corrected chi connectivity index (χ0v) is 16.9. The van der Waals surface area contributed by atoms with Crippen LogP contribution in [0.25, 0.3) is 11.4 Å². The molecule has 1 aliphatic rings. The number of hydrogen-bond donors (Lipinski definition) is 1. The highest BCUT2D eigenvalue weighted by molar-refractivity contribution is 6.30. The summed E-state index contributed by atoms with van der Waals surface area (Å²) in [5, 5.41) is 7.24. The topological polar surface area (TPSA) is 80.5 Å². The first-order valence-corrected chi connectivity index (χ1v) is 9.97. The number of ether oxygens (including phenoxy) is 1. The van der Waals surface area contributed by atoms with Gasteiger partial charge in [-0.15, -0.1) is 0 Å². The first-order valence-electron chi connectivity index (χ1n) is 9.59. The van der Waals surface area contributed by atoms with Gasteiger partial charge in [0.05, 0.1) is 18.9 Å². The molecular weight excluding hydrogens is 411 g/mol. The van der Waals surface area contributed by atoms with Gasteiger partial charge in [-0.1, -0.05) is 16.8 Å². The average Bonchev–Trinajstić information content (AvgIpc) is 3.23. The molecule has 0 spiro atoms. The lowest BCUT2D eigenvalue weighted by Gasteiger charge is -2.29. The molecule has 0 aliphatic carbocycles. The summed E-state index contributed by atoms with van der Waals surface area (Å²) < 4.78 is 24.9. The van der Waals surface area contributed by atoms with E-state index in [0.29, 0.717) is 54.4 Å². The van der Waals surface area contributed by atoms with E-state index in [0.717, 1.165) is 5.56 Å². The molecule has 1 amide bonds. The number of anilines is 2. The van der Waals surface area contributed by atoms with Gasteiger partial charge in [-0.05, 0) is 42.5 Å². The number of rotatable bonds is 6. The van der Waals surface area contributed by atoms with Crippen LogP contribution in [0, 0.1) is 5.82 Å². The molecule has 1 aliphatic heterocycles. The fourth-order valence-corrected chi connectivity index (χ4v) is 3.29. The summed E-state index contributed by atoms with van der Waals surface area (Å²) in [6.45, 7) is 2.44. The Morgan fingerprint density at radius 3 is 2.67 bits per heavy atom. The highest BCUT2D eigenvalue weighted by Gasteiger charge is 2.16. The molecular formula is C21H20ClFN4O3. The minimum Gasteiger partial charge on any atom is -0.378 e. The molecule has 9 heteroatoms. The minimum absolute atomic E-state index is 0.134. The smallest absolute Gasteiger partial charge is 0.227 e. The van der Waals surface area contributed by atoms with Crippen molar-refractivity contribution >= 4 is 28.9 Å². The SMILES string of the molecule is O=C(CCc1nc(-c2ccc(Cl)cc2)no1)Nc1ccc(N2CCOCC2)c(F)c1. The van der Waals surface area contributed by atoms with Crippen molar-refractivity contribution in [2.24, 2.45) is 0 Å². The Morgan fingerprint density at radius 1 is 1.17 bits per heavy atom. The van der Waals surface area contributed by atoms with Crippen LogP contribution >= 0.6 is 11.6 Å². The molecule has 0 bridgehead atoms. The van der Waals surface area contributed by atoms with Crippen molar-refractivity contribution in [1.29, 1.82) is 0 Å². The number of carbonyl (C=O) groups excluding carboxylic acids is 1. The van der Waals surface area contributed by atoms with Crippen molar-refractivity contribution in [2.45, 2.75) is 12.8 Å². The van der Waals surface area contributed by atoms with Crippen LogP contribution in [-0.4, -0.2) is 42.4 Å². The Bertz CT molecular complexity index is 1020. The average molecular weight is 431 g/mol. The first kappa shape index (κ1) is 20.3. The normalized spacial score (nSPS) is 14.0. The predicted octanol–water partition coefficient (Wildman–Crippen LogP) is 3.94. The third-order valence-corrected chi connectivity index (χ3v) is 4.97. The Hall–Kier alpha value is -2.97. The number of carbonyl (C=O) groups is 1. The van der Waals surface area contributed by atoms with Crippen LogP contribution in [0.5, 0.6) is 0 Å². The van der Waals surface area contributed by atoms with E-state index in [9.17, 15) is 9.18 Å². The molecule has 0 radical (unpaired) electrons. The first-order chi connectivity index (χ1) is 14.6. The molecule has 30 heavy (non-hydrogen) atoms. The molecule has 1 N–H and O–H groups in total. The number of morpholine rings is 1. The van der Waals surface area contributed by atoms with Crippen LogP contribution in [-0.2, 0) is 16.0 Å². The van der Waals surface area contributed by atoms with E-state index < -0.39 is 0 Å². The number of halogens is 2. The fourth-order valence-electron chi connectivity index (χ4n) is 3.16. The summed E-state index contributed by atoms with van der Waals surface area (Å²) in [4.78, 5) is 18.5. The van der Waals surface area contributed by atoms with E-state index in [1.165, 1.54) is 6.07 Å². The molecule has 156 valence electrons. The Kier molecular flexibility index (Phi) is 6.25. The van der Waals surface area contributed by atoms with Gasteiger partial charge in [-0.3, -0.25) is 4.79 Å². The number of aryl methyl sites for hydroxylation is 1. The Balaban J connectivity index is 1.32. The van der Waals surface area contributed by atoms with Crippen molar-refractivity contribution in [3.05, 3.63) is 59.2 Å². The Morgan fingerprint density at radius 2 is 1.93 bits per heavy atom. The van der Waals surface area contributed by atoms with Crippen LogP contribution in [0.2, 0.25) is 5.02 Å². The van der Waals surface area contributed by atoms with E-state index >= 15 is 0 Å². The van der Waals surface area contributed by atoms with Gasteiger partial charge in [0.25, 0.3) is 0 Å². The Labute approximate surface area is 177 Å². The lowest BCUT2D eigenvalue weighted by molar-refractivity contribution is -0.116. The third-order valence-electron chi connectivity index (χ3n) is 4.72. The van der Waals surface area contributed by atoms with Gasteiger partial charge in [0, 0.05) is 42.2 Å². The standard InChI is InChI=1S/C21H20ClFN4O3/c22-15-3-1-14(2-4-15)21-25-20(30-26-21)8-7-19(28)24-16-5-6-18(17(23)13-16)27-9-11-29-12-10-27/h1-6,13H,7-12H2,(H,24,28). The lowest BCUT2D eigenvalue weighted by atomic mass is 10.2. The molecule has 1 saturated heterocycles. The number of benzene rings is 2. The van der Waals surface area contributed by atoms with Gasteiger partial charge in [0.15, 0.2) is 0 Å². The van der Waals surface area contributed by atoms with Gasteiger partial charge in [-0.25, -0.2) is 4.39 Å². The van der Waals surface area contributed by atoms with Crippen molar-refractivity contribution in [2.75, 3.05) is 36.5 Å². The van der Waals surface area contributed by atoms with Crippen LogP contribution in [0.3, 0.4) is 0 Å². The molecule has 4 rings (SSSR count). The monoisotopic (exact) mass is 430 g/mol. The highest BCUT2D eigenvalue weighted by Crippen LogP contribution is 2.24. The second kappa shape index (κ2) is 9.23. The molecule has 0 atom stereocenters. The van der Waals surface area contributed by atoms with Gasteiger partial charge < -0.3 is 19.5 Å². The summed E-state index contributed by atoms with van der Waals surface area (Å²) >= 11 is 5.87. The maximum absolute atomic E-state index is 14.4. The molecule has 0 unspecified atom stereocenters. The van der Waals surface area contributed by atoms with Crippen LogP contribution in [0.1, 0.15) is 12.3 Å². The second-order valence-corrected chi connectivity index (χ2v) is 7.27.